The van der Waals surface area contributed by atoms with Gasteiger partial charge in [-0.2, -0.15) is 11.8 Å². The molecule has 110 valence electrons. The van der Waals surface area contributed by atoms with E-state index in [2.05, 4.69) is 5.32 Å². The summed E-state index contributed by atoms with van der Waals surface area (Å²) in [5.74, 6) is -0.500. The van der Waals surface area contributed by atoms with Crippen molar-refractivity contribution in [2.45, 2.75) is 56.5 Å². The first-order valence-electron chi connectivity index (χ1n) is 6.77. The highest BCUT2D eigenvalue weighted by Gasteiger charge is 2.31. The molecule has 0 aromatic rings. The van der Waals surface area contributed by atoms with Gasteiger partial charge >= 0.3 is 5.97 Å². The van der Waals surface area contributed by atoms with E-state index in [1.54, 1.807) is 11.8 Å². The molecule has 1 amide bonds. The van der Waals surface area contributed by atoms with Gasteiger partial charge in [-0.3, -0.25) is 4.79 Å². The van der Waals surface area contributed by atoms with E-state index in [4.69, 9.17) is 10.8 Å². The molecule has 0 saturated heterocycles. The van der Waals surface area contributed by atoms with Gasteiger partial charge in [-0.15, -0.1) is 0 Å². The highest BCUT2D eigenvalue weighted by Crippen LogP contribution is 2.28. The predicted octanol–water partition coefficient (Wildman–Crippen LogP) is 1.36. The van der Waals surface area contributed by atoms with Gasteiger partial charge in [-0.25, -0.2) is 4.79 Å². The maximum Gasteiger partial charge on any atom is 0.326 e. The van der Waals surface area contributed by atoms with E-state index in [-0.39, 0.29) is 12.3 Å². The van der Waals surface area contributed by atoms with E-state index < -0.39 is 17.6 Å². The molecule has 5 nitrogen and oxygen atoms in total. The lowest BCUT2D eigenvalue weighted by molar-refractivity contribution is -0.142. The van der Waals surface area contributed by atoms with Crippen LogP contribution in [0.3, 0.4) is 0 Å². The van der Waals surface area contributed by atoms with Crippen LogP contribution in [0.2, 0.25) is 0 Å². The number of nitrogens with one attached hydrogen (secondary N) is 1. The second kappa shape index (κ2) is 7.75. The van der Waals surface area contributed by atoms with Gasteiger partial charge in [0.25, 0.3) is 0 Å². The zero-order valence-electron chi connectivity index (χ0n) is 11.5. The molecule has 0 radical (unpaired) electrons. The quantitative estimate of drug-likeness (QED) is 0.658. The average Bonchev–Trinajstić information content (AvgIpc) is 2.34. The summed E-state index contributed by atoms with van der Waals surface area (Å²) in [5.41, 5.74) is 5.76. The molecule has 1 fully saturated rings. The maximum atomic E-state index is 11.9. The van der Waals surface area contributed by atoms with Crippen LogP contribution in [0, 0.1) is 0 Å². The molecule has 0 heterocycles. The number of carbonyl (C=O) groups is 2. The average molecular weight is 288 g/mol. The Balaban J connectivity index is 2.45. The lowest BCUT2D eigenvalue weighted by Crippen LogP contribution is -2.49. The summed E-state index contributed by atoms with van der Waals surface area (Å²) < 4.78 is 0. The Morgan fingerprint density at radius 2 is 2.00 bits per heavy atom. The molecule has 0 aliphatic heterocycles. The fourth-order valence-electron chi connectivity index (χ4n) is 2.49. The Kier molecular flexibility index (Phi) is 6.65. The molecule has 4 N–H and O–H groups in total. The summed E-state index contributed by atoms with van der Waals surface area (Å²) in [6, 6.07) is -0.799. The molecule has 1 rings (SSSR count). The third-order valence-electron chi connectivity index (χ3n) is 3.61. The number of rotatable bonds is 7. The number of hydrogen-bond donors (Lipinski definition) is 3. The van der Waals surface area contributed by atoms with Crippen molar-refractivity contribution in [3.8, 4) is 0 Å². The first-order valence-corrected chi connectivity index (χ1v) is 8.16. The van der Waals surface area contributed by atoms with Crippen molar-refractivity contribution in [3.63, 3.8) is 0 Å². The molecular formula is C13H24N2O3S. The van der Waals surface area contributed by atoms with Crippen molar-refractivity contribution in [1.82, 2.24) is 5.32 Å². The van der Waals surface area contributed by atoms with E-state index in [0.29, 0.717) is 12.2 Å². The Morgan fingerprint density at radius 3 is 2.53 bits per heavy atom. The normalized spacial score (nSPS) is 19.7. The number of nitrogens with two attached hydrogens (primary N) is 1. The predicted molar refractivity (Wildman–Crippen MR) is 77.2 cm³/mol. The smallest absolute Gasteiger partial charge is 0.326 e. The Hall–Kier alpha value is -0.750. The lowest BCUT2D eigenvalue weighted by atomic mass is 9.80. The van der Waals surface area contributed by atoms with Crippen molar-refractivity contribution in [3.05, 3.63) is 0 Å². The third-order valence-corrected chi connectivity index (χ3v) is 4.25. The number of carbonyl (C=O) groups excluding carboxylic acids is 1. The van der Waals surface area contributed by atoms with Crippen LogP contribution in [0.15, 0.2) is 0 Å². The lowest BCUT2D eigenvalue weighted by Gasteiger charge is -2.33. The summed E-state index contributed by atoms with van der Waals surface area (Å²) >= 11 is 1.57. The monoisotopic (exact) mass is 288 g/mol. The van der Waals surface area contributed by atoms with Crippen molar-refractivity contribution in [2.75, 3.05) is 12.0 Å². The molecule has 1 aliphatic carbocycles. The van der Waals surface area contributed by atoms with Gasteiger partial charge in [0, 0.05) is 12.0 Å². The molecule has 1 aliphatic rings. The van der Waals surface area contributed by atoms with Crippen molar-refractivity contribution >= 4 is 23.6 Å². The number of hydrogen-bond acceptors (Lipinski definition) is 4. The first kappa shape index (κ1) is 16.3. The van der Waals surface area contributed by atoms with Gasteiger partial charge in [0.05, 0.1) is 0 Å². The summed E-state index contributed by atoms with van der Waals surface area (Å²) in [6.07, 6.45) is 7.57. The van der Waals surface area contributed by atoms with Gasteiger partial charge in [0.15, 0.2) is 0 Å². The second-order valence-electron chi connectivity index (χ2n) is 5.34. The highest BCUT2D eigenvalue weighted by atomic mass is 32.2. The first-order chi connectivity index (χ1) is 8.97. The summed E-state index contributed by atoms with van der Waals surface area (Å²) in [4.78, 5) is 23.0. The fourth-order valence-corrected chi connectivity index (χ4v) is 2.96. The zero-order chi connectivity index (χ0) is 14.3. The number of carboxylic acid groups (broad SMARTS) is 1. The van der Waals surface area contributed by atoms with Crippen LogP contribution in [0.25, 0.3) is 0 Å². The number of carboxylic acids is 1. The summed E-state index contributed by atoms with van der Waals surface area (Å²) in [6.45, 7) is 0. The van der Waals surface area contributed by atoms with Gasteiger partial charge in [0.1, 0.15) is 6.04 Å². The maximum absolute atomic E-state index is 11.9. The molecule has 19 heavy (non-hydrogen) atoms. The van der Waals surface area contributed by atoms with Crippen LogP contribution in [-0.2, 0) is 9.59 Å². The molecule has 0 aromatic heterocycles. The number of thioether (sulfide) groups is 1. The van der Waals surface area contributed by atoms with E-state index in [1.807, 2.05) is 6.26 Å². The standard InChI is InChI=1S/C13H24N2O3S/c1-19-8-5-10(12(17)18)15-11(16)9-13(14)6-3-2-4-7-13/h10H,2-9,14H2,1H3,(H,15,16)(H,17,18)/t10-/m0/s1. The van der Waals surface area contributed by atoms with Crippen LogP contribution in [0.1, 0.15) is 44.9 Å². The Labute approximate surface area is 118 Å². The molecule has 1 saturated carbocycles. The molecule has 0 bridgehead atoms. The third kappa shape index (κ3) is 5.82. The van der Waals surface area contributed by atoms with Gasteiger partial charge in [0.2, 0.25) is 5.91 Å². The minimum Gasteiger partial charge on any atom is -0.480 e. The van der Waals surface area contributed by atoms with Crippen molar-refractivity contribution < 1.29 is 14.7 Å². The van der Waals surface area contributed by atoms with Gasteiger partial charge in [-0.1, -0.05) is 19.3 Å². The SMILES string of the molecule is CSCC[C@H](NC(=O)CC1(N)CCCCC1)C(=O)O. The zero-order valence-corrected chi connectivity index (χ0v) is 12.3. The van der Waals surface area contributed by atoms with Crippen LogP contribution in [-0.4, -0.2) is 40.6 Å². The van der Waals surface area contributed by atoms with Gasteiger partial charge in [-0.05, 0) is 31.3 Å². The van der Waals surface area contributed by atoms with Crippen molar-refractivity contribution in [1.29, 1.82) is 0 Å². The Morgan fingerprint density at radius 1 is 1.37 bits per heavy atom. The van der Waals surface area contributed by atoms with Crippen LogP contribution < -0.4 is 11.1 Å². The van der Waals surface area contributed by atoms with Crippen LogP contribution >= 0.6 is 11.8 Å². The van der Waals surface area contributed by atoms with E-state index >= 15 is 0 Å². The van der Waals surface area contributed by atoms with Crippen molar-refractivity contribution in [2.24, 2.45) is 5.73 Å². The summed E-state index contributed by atoms with van der Waals surface area (Å²) in [7, 11) is 0. The minimum atomic E-state index is -0.975. The topological polar surface area (TPSA) is 92.4 Å². The molecule has 1 atom stereocenters. The van der Waals surface area contributed by atoms with E-state index in [1.165, 1.54) is 6.42 Å². The van der Waals surface area contributed by atoms with Crippen LogP contribution in [0.5, 0.6) is 0 Å². The molecular weight excluding hydrogens is 264 g/mol. The summed E-state index contributed by atoms with van der Waals surface area (Å²) in [5, 5.41) is 11.7. The highest BCUT2D eigenvalue weighted by molar-refractivity contribution is 7.98. The largest absolute Gasteiger partial charge is 0.480 e. The fraction of sp³-hybridized carbons (Fsp3) is 0.846. The number of amides is 1. The second-order valence-corrected chi connectivity index (χ2v) is 6.33. The number of aliphatic carboxylic acids is 1. The van der Waals surface area contributed by atoms with Gasteiger partial charge < -0.3 is 16.2 Å². The minimum absolute atomic E-state index is 0.232. The molecule has 0 aromatic carbocycles. The Bertz CT molecular complexity index is 317. The van der Waals surface area contributed by atoms with E-state index in [9.17, 15) is 9.59 Å². The van der Waals surface area contributed by atoms with Crippen LogP contribution in [0.4, 0.5) is 0 Å². The van der Waals surface area contributed by atoms with E-state index in [0.717, 1.165) is 25.7 Å². The molecule has 0 unspecified atom stereocenters. The molecule has 0 spiro atoms. The molecule has 6 heteroatoms.